The van der Waals surface area contributed by atoms with Crippen LogP contribution in [0.5, 0.6) is 0 Å². The van der Waals surface area contributed by atoms with E-state index >= 15 is 0 Å². The van der Waals surface area contributed by atoms with E-state index in [1.807, 2.05) is 0 Å². The molecule has 0 fully saturated rings. The highest BCUT2D eigenvalue weighted by Crippen LogP contribution is 2.26. The fraction of sp³-hybridized carbons (Fsp3) is 0. The zero-order valence-corrected chi connectivity index (χ0v) is 12.9. The highest BCUT2D eigenvalue weighted by Gasteiger charge is 2.14. The van der Waals surface area contributed by atoms with E-state index in [-0.39, 0.29) is 11.7 Å². The fourth-order valence-electron chi connectivity index (χ4n) is 1.70. The Kier molecular flexibility index (Phi) is 3.85. The number of halogens is 2. The van der Waals surface area contributed by atoms with Gasteiger partial charge in [0.05, 0.1) is 17.5 Å². The van der Waals surface area contributed by atoms with Crippen molar-refractivity contribution in [3.8, 4) is 11.3 Å². The Morgan fingerprint density at radius 2 is 2.05 bits per heavy atom. The summed E-state index contributed by atoms with van der Waals surface area (Å²) < 4.78 is 18.3. The van der Waals surface area contributed by atoms with E-state index in [0.717, 1.165) is 5.56 Å². The lowest BCUT2D eigenvalue weighted by molar-refractivity contribution is 0.102. The molecular weight excluding hydrogens is 359 g/mol. The summed E-state index contributed by atoms with van der Waals surface area (Å²) in [5, 5.41) is 4.96. The average Bonchev–Trinajstić information content (AvgIpc) is 3.09. The van der Waals surface area contributed by atoms with Crippen LogP contribution in [0.2, 0.25) is 0 Å². The number of aromatic nitrogens is 1. The van der Waals surface area contributed by atoms with Crippen molar-refractivity contribution in [1.29, 1.82) is 0 Å². The van der Waals surface area contributed by atoms with Gasteiger partial charge in [0, 0.05) is 10.9 Å². The highest BCUT2D eigenvalue weighted by atomic mass is 79.9. The number of rotatable bonds is 3. The van der Waals surface area contributed by atoms with E-state index in [4.69, 9.17) is 4.42 Å². The van der Waals surface area contributed by atoms with Gasteiger partial charge in [-0.05, 0) is 46.3 Å². The van der Waals surface area contributed by atoms with Gasteiger partial charge >= 0.3 is 0 Å². The second-order valence-corrected chi connectivity index (χ2v) is 5.69. The monoisotopic (exact) mass is 366 g/mol. The van der Waals surface area contributed by atoms with Crippen LogP contribution in [0.3, 0.4) is 0 Å². The van der Waals surface area contributed by atoms with Gasteiger partial charge in [0.2, 0.25) is 0 Å². The molecule has 0 atom stereocenters. The Balaban J connectivity index is 1.78. The summed E-state index contributed by atoms with van der Waals surface area (Å²) in [7, 11) is 0. The van der Waals surface area contributed by atoms with Gasteiger partial charge in [-0.1, -0.05) is 0 Å². The summed E-state index contributed by atoms with van der Waals surface area (Å²) in [4.78, 5) is 16.3. The van der Waals surface area contributed by atoms with Gasteiger partial charge in [-0.15, -0.1) is 11.3 Å². The molecule has 4 nitrogen and oxygen atoms in total. The molecule has 2 heterocycles. The van der Waals surface area contributed by atoms with Gasteiger partial charge in [-0.25, -0.2) is 9.37 Å². The van der Waals surface area contributed by atoms with Gasteiger partial charge in [0.1, 0.15) is 5.82 Å². The maximum Gasteiger partial charge on any atom is 0.261 e. The number of thiazole rings is 1. The summed E-state index contributed by atoms with van der Waals surface area (Å²) >= 11 is 4.45. The summed E-state index contributed by atoms with van der Waals surface area (Å²) in [5.74, 6) is -0.608. The van der Waals surface area contributed by atoms with Crippen LogP contribution in [0.4, 0.5) is 9.52 Å². The lowest BCUT2D eigenvalue weighted by Gasteiger charge is -1.99. The molecule has 3 aromatic rings. The molecule has 3 rings (SSSR count). The molecule has 106 valence electrons. The van der Waals surface area contributed by atoms with Crippen LogP contribution >= 0.6 is 27.3 Å². The van der Waals surface area contributed by atoms with Crippen LogP contribution in [0, 0.1) is 5.82 Å². The smallest absolute Gasteiger partial charge is 0.261 e. The number of hydrogen-bond acceptors (Lipinski definition) is 4. The fourth-order valence-corrected chi connectivity index (χ4v) is 2.84. The number of nitrogens with zero attached hydrogens (tertiary/aromatic N) is 1. The van der Waals surface area contributed by atoms with Crippen molar-refractivity contribution >= 4 is 38.3 Å². The molecule has 0 spiro atoms. The summed E-state index contributed by atoms with van der Waals surface area (Å²) in [6, 6.07) is 7.59. The second-order valence-electron chi connectivity index (χ2n) is 4.11. The third-order valence-corrected chi connectivity index (χ3v) is 4.10. The number of hydrogen-bond donors (Lipinski definition) is 1. The van der Waals surface area contributed by atoms with Crippen molar-refractivity contribution in [3.63, 3.8) is 0 Å². The van der Waals surface area contributed by atoms with Gasteiger partial charge in [0.25, 0.3) is 5.91 Å². The average molecular weight is 367 g/mol. The summed E-state index contributed by atoms with van der Waals surface area (Å²) in [5.41, 5.74) is 1.87. The Hall–Kier alpha value is -1.99. The van der Waals surface area contributed by atoms with Crippen LogP contribution in [0.1, 0.15) is 10.4 Å². The molecule has 0 aliphatic heterocycles. The van der Waals surface area contributed by atoms with Gasteiger partial charge < -0.3 is 4.42 Å². The van der Waals surface area contributed by atoms with E-state index < -0.39 is 0 Å². The predicted octanol–water partition coefficient (Wildman–Crippen LogP) is 4.56. The number of anilines is 1. The van der Waals surface area contributed by atoms with Crippen LogP contribution < -0.4 is 5.32 Å². The molecule has 0 aliphatic rings. The zero-order chi connectivity index (χ0) is 14.8. The molecule has 0 unspecified atom stereocenters. The van der Waals surface area contributed by atoms with Gasteiger partial charge in [0.15, 0.2) is 9.80 Å². The number of nitrogens with one attached hydrogen (secondary N) is 1. The van der Waals surface area contributed by atoms with Crippen LogP contribution in [0.15, 0.2) is 51.1 Å². The lowest BCUT2D eigenvalue weighted by Crippen LogP contribution is -2.11. The van der Waals surface area contributed by atoms with Crippen LogP contribution in [-0.2, 0) is 0 Å². The Bertz CT molecular complexity index is 782. The molecule has 21 heavy (non-hydrogen) atoms. The number of amides is 1. The molecule has 0 radical (unpaired) electrons. The first-order chi connectivity index (χ1) is 10.1. The Morgan fingerprint density at radius 3 is 2.71 bits per heavy atom. The first kappa shape index (κ1) is 14.0. The standard InChI is InChI=1S/C14H8BrFN2O2S/c15-12-10(5-6-20-12)13(19)18-14-17-11(7-21-14)8-1-3-9(16)4-2-8/h1-7H,(H,17,18,19). The van der Waals surface area contributed by atoms with Crippen molar-refractivity contribution < 1.29 is 13.6 Å². The molecule has 0 saturated heterocycles. The molecular formula is C14H8BrFN2O2S. The molecule has 7 heteroatoms. The number of carbonyl (C=O) groups excluding carboxylic acids is 1. The summed E-state index contributed by atoms with van der Waals surface area (Å²) in [6.45, 7) is 0. The highest BCUT2D eigenvalue weighted by molar-refractivity contribution is 9.10. The number of furan rings is 1. The molecule has 1 N–H and O–H groups in total. The third-order valence-electron chi connectivity index (χ3n) is 2.73. The predicted molar refractivity (Wildman–Crippen MR) is 81.9 cm³/mol. The largest absolute Gasteiger partial charge is 0.457 e. The van der Waals surface area contributed by atoms with Crippen molar-refractivity contribution in [2.24, 2.45) is 0 Å². The number of benzene rings is 1. The molecule has 0 saturated carbocycles. The van der Waals surface area contributed by atoms with E-state index in [1.54, 1.807) is 23.6 Å². The SMILES string of the molecule is O=C(Nc1nc(-c2ccc(F)cc2)cs1)c1ccoc1Br. The molecule has 1 aromatic carbocycles. The molecule has 0 aliphatic carbocycles. The van der Waals surface area contributed by atoms with Gasteiger partial charge in [-0.3, -0.25) is 10.1 Å². The van der Waals surface area contributed by atoms with E-state index in [0.29, 0.717) is 21.1 Å². The first-order valence-electron chi connectivity index (χ1n) is 5.89. The first-order valence-corrected chi connectivity index (χ1v) is 7.56. The minimum atomic E-state index is -0.310. The molecule has 0 bridgehead atoms. The molecule has 1 amide bonds. The van der Waals surface area contributed by atoms with E-state index in [1.165, 1.54) is 29.7 Å². The quantitative estimate of drug-likeness (QED) is 0.739. The van der Waals surface area contributed by atoms with Gasteiger partial charge in [-0.2, -0.15) is 0 Å². The van der Waals surface area contributed by atoms with E-state index in [9.17, 15) is 9.18 Å². The van der Waals surface area contributed by atoms with Crippen LogP contribution in [0.25, 0.3) is 11.3 Å². The Labute approximate surface area is 131 Å². The van der Waals surface area contributed by atoms with Crippen molar-refractivity contribution in [2.75, 3.05) is 5.32 Å². The minimum Gasteiger partial charge on any atom is -0.457 e. The normalized spacial score (nSPS) is 10.6. The second kappa shape index (κ2) is 5.79. The maximum atomic E-state index is 12.9. The maximum absolute atomic E-state index is 12.9. The van der Waals surface area contributed by atoms with E-state index in [2.05, 4.69) is 26.2 Å². The van der Waals surface area contributed by atoms with Crippen molar-refractivity contribution in [2.45, 2.75) is 0 Å². The topological polar surface area (TPSA) is 55.1 Å². The third kappa shape index (κ3) is 3.03. The minimum absolute atomic E-state index is 0.299. The summed E-state index contributed by atoms with van der Waals surface area (Å²) in [6.07, 6.45) is 1.42. The zero-order valence-electron chi connectivity index (χ0n) is 10.5. The lowest BCUT2D eigenvalue weighted by atomic mass is 10.2. The van der Waals surface area contributed by atoms with Crippen molar-refractivity contribution in [3.05, 3.63) is 58.0 Å². The molecule has 2 aromatic heterocycles. The van der Waals surface area contributed by atoms with Crippen LogP contribution in [-0.4, -0.2) is 10.9 Å². The number of carbonyl (C=O) groups is 1. The van der Waals surface area contributed by atoms with Crippen molar-refractivity contribution in [1.82, 2.24) is 4.98 Å². The Morgan fingerprint density at radius 1 is 1.29 bits per heavy atom.